The van der Waals surface area contributed by atoms with Gasteiger partial charge in [0, 0.05) is 23.3 Å². The molecule has 8 heteroatoms. The number of hydrogen-bond donors (Lipinski definition) is 3. The molecule has 0 saturated carbocycles. The van der Waals surface area contributed by atoms with Crippen LogP contribution < -0.4 is 25.4 Å². The van der Waals surface area contributed by atoms with Crippen molar-refractivity contribution in [2.24, 2.45) is 5.92 Å². The van der Waals surface area contributed by atoms with Gasteiger partial charge in [-0.2, -0.15) is 0 Å². The van der Waals surface area contributed by atoms with Gasteiger partial charge in [0.1, 0.15) is 12.5 Å². The van der Waals surface area contributed by atoms with E-state index in [1.165, 1.54) is 0 Å². The van der Waals surface area contributed by atoms with Crippen LogP contribution in [0.4, 0.5) is 4.79 Å². The fourth-order valence-electron chi connectivity index (χ4n) is 3.47. The first-order valence-corrected chi connectivity index (χ1v) is 10.6. The molecule has 1 saturated heterocycles. The lowest BCUT2D eigenvalue weighted by molar-refractivity contribution is -0.125. The Balaban J connectivity index is 1.92. The molecule has 0 bridgehead atoms. The molecule has 0 aliphatic carbocycles. The average Bonchev–Trinajstić information content (AvgIpc) is 2.77. The first-order chi connectivity index (χ1) is 15.4. The SMILES string of the molecule is C=CCOc1cc(Cl)c([C@H]2NC(=O)NC(=C)[C@@H]2C(=O)NCc2ccccc2)cc1OCC. The second kappa shape index (κ2) is 10.7. The van der Waals surface area contributed by atoms with Gasteiger partial charge in [-0.15, -0.1) is 0 Å². The molecular formula is C24H26ClN3O4. The summed E-state index contributed by atoms with van der Waals surface area (Å²) in [5.41, 5.74) is 1.76. The van der Waals surface area contributed by atoms with Crippen LogP contribution in [0.5, 0.6) is 11.5 Å². The number of carbonyl (C=O) groups excluding carboxylic acids is 2. The lowest BCUT2D eigenvalue weighted by Crippen LogP contribution is -2.53. The van der Waals surface area contributed by atoms with Gasteiger partial charge in [0.2, 0.25) is 5.91 Å². The highest BCUT2D eigenvalue weighted by molar-refractivity contribution is 6.31. The molecule has 7 nitrogen and oxygen atoms in total. The van der Waals surface area contributed by atoms with Crippen LogP contribution in [0.1, 0.15) is 24.1 Å². The van der Waals surface area contributed by atoms with E-state index in [0.29, 0.717) is 35.2 Å². The summed E-state index contributed by atoms with van der Waals surface area (Å²) in [4.78, 5) is 25.3. The predicted molar refractivity (Wildman–Crippen MR) is 124 cm³/mol. The lowest BCUT2D eigenvalue weighted by atomic mass is 9.88. The van der Waals surface area contributed by atoms with Crippen molar-refractivity contribution >= 4 is 23.5 Å². The number of ether oxygens (including phenoxy) is 2. The molecule has 3 N–H and O–H groups in total. The van der Waals surface area contributed by atoms with E-state index in [9.17, 15) is 9.59 Å². The summed E-state index contributed by atoms with van der Waals surface area (Å²) in [7, 11) is 0. The molecule has 168 valence electrons. The van der Waals surface area contributed by atoms with Crippen molar-refractivity contribution in [3.05, 3.63) is 83.5 Å². The second-order valence-corrected chi connectivity index (χ2v) is 7.54. The van der Waals surface area contributed by atoms with E-state index in [1.54, 1.807) is 18.2 Å². The fourth-order valence-corrected chi connectivity index (χ4v) is 3.74. The minimum absolute atomic E-state index is 0.279. The van der Waals surface area contributed by atoms with Crippen molar-refractivity contribution in [2.45, 2.75) is 19.5 Å². The monoisotopic (exact) mass is 455 g/mol. The van der Waals surface area contributed by atoms with E-state index in [4.69, 9.17) is 21.1 Å². The smallest absolute Gasteiger partial charge is 0.319 e. The molecule has 0 aromatic heterocycles. The Hall–Kier alpha value is -3.45. The van der Waals surface area contributed by atoms with Gasteiger partial charge in [-0.25, -0.2) is 4.79 Å². The molecule has 3 rings (SSSR count). The molecular weight excluding hydrogens is 430 g/mol. The molecule has 0 spiro atoms. The van der Waals surface area contributed by atoms with Crippen LogP contribution in [0.3, 0.4) is 0 Å². The lowest BCUT2D eigenvalue weighted by Gasteiger charge is -2.34. The van der Waals surface area contributed by atoms with Crippen LogP contribution in [-0.2, 0) is 11.3 Å². The third kappa shape index (κ3) is 5.42. The first kappa shape index (κ1) is 23.2. The topological polar surface area (TPSA) is 88.7 Å². The maximum atomic E-state index is 13.1. The number of benzene rings is 2. The van der Waals surface area contributed by atoms with Gasteiger partial charge >= 0.3 is 6.03 Å². The van der Waals surface area contributed by atoms with Crippen molar-refractivity contribution in [1.29, 1.82) is 0 Å². The zero-order chi connectivity index (χ0) is 23.1. The molecule has 2 atom stereocenters. The maximum absolute atomic E-state index is 13.1. The normalized spacial score (nSPS) is 17.7. The first-order valence-electron chi connectivity index (χ1n) is 10.2. The van der Waals surface area contributed by atoms with Crippen molar-refractivity contribution in [1.82, 2.24) is 16.0 Å². The Labute approximate surface area is 192 Å². The summed E-state index contributed by atoms with van der Waals surface area (Å²) in [5.74, 6) is -0.180. The zero-order valence-corrected chi connectivity index (χ0v) is 18.6. The number of carbonyl (C=O) groups is 2. The highest BCUT2D eigenvalue weighted by Gasteiger charge is 2.39. The summed E-state index contributed by atoms with van der Waals surface area (Å²) in [6, 6.07) is 11.6. The third-order valence-corrected chi connectivity index (χ3v) is 5.24. The van der Waals surface area contributed by atoms with Gasteiger partial charge in [-0.05, 0) is 24.1 Å². The van der Waals surface area contributed by atoms with Crippen LogP contribution >= 0.6 is 11.6 Å². The molecule has 3 amide bonds. The maximum Gasteiger partial charge on any atom is 0.319 e. The average molecular weight is 456 g/mol. The van der Waals surface area contributed by atoms with E-state index in [-0.39, 0.29) is 18.2 Å². The summed E-state index contributed by atoms with van der Waals surface area (Å²) < 4.78 is 11.3. The molecule has 1 heterocycles. The summed E-state index contributed by atoms with van der Waals surface area (Å²) >= 11 is 6.56. The number of nitrogens with one attached hydrogen (secondary N) is 3. The van der Waals surface area contributed by atoms with Gasteiger partial charge in [0.15, 0.2) is 11.5 Å². The van der Waals surface area contributed by atoms with E-state index in [0.717, 1.165) is 5.56 Å². The molecule has 0 radical (unpaired) electrons. The largest absolute Gasteiger partial charge is 0.490 e. The summed E-state index contributed by atoms with van der Waals surface area (Å²) in [6.07, 6.45) is 1.61. The molecule has 32 heavy (non-hydrogen) atoms. The van der Waals surface area contributed by atoms with Gasteiger partial charge in [-0.3, -0.25) is 4.79 Å². The number of halogens is 1. The molecule has 0 unspecified atom stereocenters. The van der Waals surface area contributed by atoms with E-state index in [2.05, 4.69) is 29.1 Å². The Bertz CT molecular complexity index is 1010. The van der Waals surface area contributed by atoms with Gasteiger partial charge in [0.25, 0.3) is 0 Å². The highest BCUT2D eigenvalue weighted by Crippen LogP contribution is 2.40. The number of amides is 3. The third-order valence-electron chi connectivity index (χ3n) is 4.92. The van der Waals surface area contributed by atoms with Crippen LogP contribution in [0.25, 0.3) is 0 Å². The second-order valence-electron chi connectivity index (χ2n) is 7.14. The van der Waals surface area contributed by atoms with Crippen LogP contribution in [0.15, 0.2) is 67.4 Å². The van der Waals surface area contributed by atoms with Crippen molar-refractivity contribution < 1.29 is 19.1 Å². The van der Waals surface area contributed by atoms with Crippen LogP contribution in [0.2, 0.25) is 5.02 Å². The molecule has 1 aliphatic rings. The Morgan fingerprint density at radius 3 is 2.62 bits per heavy atom. The Morgan fingerprint density at radius 1 is 1.22 bits per heavy atom. The zero-order valence-electron chi connectivity index (χ0n) is 17.8. The molecule has 2 aromatic carbocycles. The minimum Gasteiger partial charge on any atom is -0.490 e. The van der Waals surface area contributed by atoms with Crippen molar-refractivity contribution in [3.8, 4) is 11.5 Å². The highest BCUT2D eigenvalue weighted by atomic mass is 35.5. The van der Waals surface area contributed by atoms with Crippen LogP contribution in [0, 0.1) is 5.92 Å². The fraction of sp³-hybridized carbons (Fsp3) is 0.250. The van der Waals surface area contributed by atoms with E-state index < -0.39 is 18.0 Å². The number of hydrogen-bond acceptors (Lipinski definition) is 4. The van der Waals surface area contributed by atoms with Gasteiger partial charge in [-0.1, -0.05) is 61.2 Å². The minimum atomic E-state index is -0.789. The molecule has 2 aromatic rings. The van der Waals surface area contributed by atoms with Crippen LogP contribution in [-0.4, -0.2) is 25.2 Å². The van der Waals surface area contributed by atoms with Crippen molar-refractivity contribution in [2.75, 3.05) is 13.2 Å². The number of urea groups is 1. The summed E-state index contributed by atoms with van der Waals surface area (Å²) in [6.45, 7) is 10.4. The standard InChI is InChI=1S/C24H26ClN3O4/c1-4-11-32-20-13-18(25)17(12-19(20)31-5-2)22-21(15(3)27-24(30)28-22)23(29)26-14-16-9-7-6-8-10-16/h4,6-10,12-13,21-22H,1,3,5,11,14H2,2H3,(H,26,29)(H2,27,28,30)/t21-,22+/m0/s1. The number of rotatable bonds is 9. The van der Waals surface area contributed by atoms with Gasteiger partial charge in [0.05, 0.1) is 12.6 Å². The van der Waals surface area contributed by atoms with E-state index >= 15 is 0 Å². The summed E-state index contributed by atoms with van der Waals surface area (Å²) in [5, 5.41) is 8.63. The van der Waals surface area contributed by atoms with Crippen molar-refractivity contribution in [3.63, 3.8) is 0 Å². The molecule has 1 aliphatic heterocycles. The Morgan fingerprint density at radius 2 is 1.94 bits per heavy atom. The molecule has 1 fully saturated rings. The van der Waals surface area contributed by atoms with E-state index in [1.807, 2.05) is 37.3 Å². The Kier molecular flexibility index (Phi) is 7.78. The van der Waals surface area contributed by atoms with Gasteiger partial charge < -0.3 is 25.4 Å². The predicted octanol–water partition coefficient (Wildman–Crippen LogP) is 4.10. The quantitative estimate of drug-likeness (QED) is 0.496.